The van der Waals surface area contributed by atoms with Gasteiger partial charge >= 0.3 is 5.97 Å². The van der Waals surface area contributed by atoms with Crippen molar-refractivity contribution in [3.63, 3.8) is 0 Å². The topological polar surface area (TPSA) is 40.5 Å². The third-order valence-electron chi connectivity index (χ3n) is 2.50. The number of aromatic carboxylic acids is 1. The van der Waals surface area contributed by atoms with E-state index in [1.54, 1.807) is 12.1 Å². The lowest BCUT2D eigenvalue weighted by molar-refractivity contribution is 0.0696. The van der Waals surface area contributed by atoms with E-state index in [1.165, 1.54) is 11.1 Å². The molecule has 0 amide bonds. The van der Waals surface area contributed by atoms with E-state index in [2.05, 4.69) is 14.1 Å². The normalized spacial score (nSPS) is 16.4. The molecule has 1 aromatic rings. The molecule has 0 aromatic heterocycles. The van der Waals surface area contributed by atoms with E-state index < -0.39 is 5.97 Å². The molecule has 0 fully saturated rings. The van der Waals surface area contributed by atoms with Crippen molar-refractivity contribution < 1.29 is 9.90 Å². The van der Waals surface area contributed by atoms with Gasteiger partial charge in [0.05, 0.1) is 5.56 Å². The maximum Gasteiger partial charge on any atom is 0.335 e. The van der Waals surface area contributed by atoms with Crippen LogP contribution in [0.15, 0.2) is 18.2 Å². The highest BCUT2D eigenvalue weighted by molar-refractivity contribution is 7.13. The lowest BCUT2D eigenvalue weighted by Gasteiger charge is -2.24. The Balaban J connectivity index is 2.36. The molecule has 1 N–H and O–H groups in total. The summed E-state index contributed by atoms with van der Waals surface area (Å²) in [6.07, 6.45) is 0.931. The summed E-state index contributed by atoms with van der Waals surface area (Å²) < 4.78 is 2.16. The Bertz CT molecular complexity index is 378. The molecule has 0 radical (unpaired) electrons. The van der Waals surface area contributed by atoms with Crippen molar-refractivity contribution in [2.75, 3.05) is 6.54 Å². The number of carboxylic acid groups (broad SMARTS) is 1. The molecule has 3 nitrogen and oxygen atoms in total. The molecule has 0 saturated heterocycles. The van der Waals surface area contributed by atoms with Gasteiger partial charge in [-0.05, 0) is 29.7 Å². The first-order valence-electron chi connectivity index (χ1n) is 4.51. The molecule has 0 aliphatic carbocycles. The van der Waals surface area contributed by atoms with Crippen molar-refractivity contribution in [2.24, 2.45) is 0 Å². The first-order valence-corrected chi connectivity index (χ1v) is 5.03. The summed E-state index contributed by atoms with van der Waals surface area (Å²) in [5.74, 6) is -0.846. The number of carbonyl (C=O) groups is 1. The third kappa shape index (κ3) is 1.79. The number of carboxylic acids is 1. The summed E-state index contributed by atoms with van der Waals surface area (Å²) in [6, 6.07) is 5.37. The molecule has 1 unspecified atom stereocenters. The average Bonchev–Trinajstić information content (AvgIpc) is 2.16. The van der Waals surface area contributed by atoms with Crippen molar-refractivity contribution in [1.29, 1.82) is 0 Å². The molecule has 1 aliphatic heterocycles. The van der Waals surface area contributed by atoms with Gasteiger partial charge in [-0.1, -0.05) is 15.5 Å². The number of fused-ring (bicyclic) bond motifs is 1. The minimum Gasteiger partial charge on any atom is -0.478 e. The fourth-order valence-corrected chi connectivity index (χ4v) is 2.03. The second-order valence-electron chi connectivity index (χ2n) is 3.51. The molecular formula is C10H12NO2P. The molecular weight excluding hydrogens is 197 g/mol. The van der Waals surface area contributed by atoms with Gasteiger partial charge < -0.3 is 5.11 Å². The Hall–Kier alpha value is -0.920. The Morgan fingerprint density at radius 3 is 2.93 bits per heavy atom. The van der Waals surface area contributed by atoms with Crippen LogP contribution >= 0.6 is 9.39 Å². The van der Waals surface area contributed by atoms with E-state index >= 15 is 0 Å². The van der Waals surface area contributed by atoms with Gasteiger partial charge in [-0.25, -0.2) is 4.79 Å². The maximum absolute atomic E-state index is 10.7. The minimum atomic E-state index is -0.846. The SMILES string of the molecule is O=C(O)c1ccc2c(c1)CCN(P)C2. The van der Waals surface area contributed by atoms with Gasteiger partial charge in [0.25, 0.3) is 0 Å². The monoisotopic (exact) mass is 209 g/mol. The third-order valence-corrected chi connectivity index (χ3v) is 2.94. The number of rotatable bonds is 1. The zero-order chi connectivity index (χ0) is 10.1. The molecule has 2 rings (SSSR count). The van der Waals surface area contributed by atoms with Crippen molar-refractivity contribution in [2.45, 2.75) is 13.0 Å². The Morgan fingerprint density at radius 1 is 1.43 bits per heavy atom. The molecule has 0 bridgehead atoms. The van der Waals surface area contributed by atoms with E-state index in [4.69, 9.17) is 5.11 Å². The second kappa shape index (κ2) is 3.68. The van der Waals surface area contributed by atoms with Crippen LogP contribution in [0.1, 0.15) is 21.5 Å². The molecule has 1 aromatic carbocycles. The fourth-order valence-electron chi connectivity index (χ4n) is 1.71. The van der Waals surface area contributed by atoms with Crippen LogP contribution in [-0.2, 0) is 13.0 Å². The van der Waals surface area contributed by atoms with Crippen molar-refractivity contribution in [3.05, 3.63) is 34.9 Å². The second-order valence-corrected chi connectivity index (χ2v) is 4.24. The van der Waals surface area contributed by atoms with Gasteiger partial charge in [0.15, 0.2) is 0 Å². The summed E-state index contributed by atoms with van der Waals surface area (Å²) >= 11 is 0. The minimum absolute atomic E-state index is 0.390. The molecule has 14 heavy (non-hydrogen) atoms. The van der Waals surface area contributed by atoms with Crippen LogP contribution in [-0.4, -0.2) is 22.3 Å². The zero-order valence-electron chi connectivity index (χ0n) is 7.73. The zero-order valence-corrected chi connectivity index (χ0v) is 8.89. The van der Waals surface area contributed by atoms with Gasteiger partial charge in [-0.3, -0.25) is 4.67 Å². The molecule has 0 saturated carbocycles. The summed E-state index contributed by atoms with van der Waals surface area (Å²) in [7, 11) is 2.68. The van der Waals surface area contributed by atoms with Crippen molar-refractivity contribution >= 4 is 15.4 Å². The highest BCUT2D eigenvalue weighted by Gasteiger charge is 2.14. The standard InChI is InChI=1S/C10H12NO2P/c12-10(13)8-1-2-9-6-11(14)4-3-7(9)5-8/h1-2,5H,3-4,6,14H2,(H,12,13). The predicted octanol–water partition coefficient (Wildman–Crippen LogP) is 1.53. The predicted molar refractivity (Wildman–Crippen MR) is 57.2 cm³/mol. The van der Waals surface area contributed by atoms with Crippen molar-refractivity contribution in [3.8, 4) is 0 Å². The van der Waals surface area contributed by atoms with Crippen LogP contribution in [0.2, 0.25) is 0 Å². The van der Waals surface area contributed by atoms with Gasteiger partial charge in [0.2, 0.25) is 0 Å². The Morgan fingerprint density at radius 2 is 2.21 bits per heavy atom. The largest absolute Gasteiger partial charge is 0.478 e. The highest BCUT2D eigenvalue weighted by atomic mass is 31.0. The Kier molecular flexibility index (Phi) is 2.53. The van der Waals surface area contributed by atoms with Crippen LogP contribution in [0, 0.1) is 0 Å². The van der Waals surface area contributed by atoms with Crippen LogP contribution in [0.3, 0.4) is 0 Å². The van der Waals surface area contributed by atoms with Gasteiger partial charge in [0.1, 0.15) is 0 Å². The summed E-state index contributed by atoms with van der Waals surface area (Å²) in [4.78, 5) is 10.7. The number of nitrogens with zero attached hydrogens (tertiary/aromatic N) is 1. The summed E-state index contributed by atoms with van der Waals surface area (Å²) in [5, 5.41) is 8.82. The van der Waals surface area contributed by atoms with Crippen LogP contribution < -0.4 is 0 Å². The Labute approximate surface area is 85.0 Å². The first kappa shape index (κ1) is 9.63. The first-order chi connectivity index (χ1) is 6.66. The molecule has 1 heterocycles. The van der Waals surface area contributed by atoms with E-state index in [-0.39, 0.29) is 0 Å². The summed E-state index contributed by atoms with van der Waals surface area (Å²) in [6.45, 7) is 1.86. The van der Waals surface area contributed by atoms with Crippen LogP contribution in [0.4, 0.5) is 0 Å². The lowest BCUT2D eigenvalue weighted by Crippen LogP contribution is -2.21. The quantitative estimate of drug-likeness (QED) is 0.713. The van der Waals surface area contributed by atoms with E-state index in [0.29, 0.717) is 5.56 Å². The van der Waals surface area contributed by atoms with Crippen LogP contribution in [0.25, 0.3) is 0 Å². The molecule has 74 valence electrons. The number of benzene rings is 1. The van der Waals surface area contributed by atoms with Gasteiger partial charge in [-0.15, -0.1) is 0 Å². The molecule has 1 aliphatic rings. The van der Waals surface area contributed by atoms with Gasteiger partial charge in [-0.2, -0.15) is 0 Å². The number of hydrogen-bond donors (Lipinski definition) is 1. The molecule has 4 heteroatoms. The fraction of sp³-hybridized carbons (Fsp3) is 0.300. The van der Waals surface area contributed by atoms with E-state index in [0.717, 1.165) is 19.5 Å². The summed E-state index contributed by atoms with van der Waals surface area (Å²) in [5.41, 5.74) is 2.79. The molecule has 0 spiro atoms. The maximum atomic E-state index is 10.7. The smallest absolute Gasteiger partial charge is 0.335 e. The number of hydrogen-bond acceptors (Lipinski definition) is 2. The van der Waals surface area contributed by atoms with E-state index in [1.807, 2.05) is 6.07 Å². The van der Waals surface area contributed by atoms with Gasteiger partial charge in [0, 0.05) is 13.1 Å². The lowest BCUT2D eigenvalue weighted by atomic mass is 9.98. The van der Waals surface area contributed by atoms with E-state index in [9.17, 15) is 4.79 Å². The average molecular weight is 209 g/mol. The highest BCUT2D eigenvalue weighted by Crippen LogP contribution is 2.22. The van der Waals surface area contributed by atoms with Crippen molar-refractivity contribution in [1.82, 2.24) is 4.67 Å². The molecule has 1 atom stereocenters. The van der Waals surface area contributed by atoms with Crippen LogP contribution in [0.5, 0.6) is 0 Å².